The van der Waals surface area contributed by atoms with Crippen LogP contribution in [0, 0.1) is 0 Å². The summed E-state index contributed by atoms with van der Waals surface area (Å²) in [5.41, 5.74) is -0.619. The van der Waals surface area contributed by atoms with E-state index >= 15 is 0 Å². The maximum Gasteiger partial charge on any atom is 0.130 e. The molecule has 2 aromatic rings. The van der Waals surface area contributed by atoms with Crippen LogP contribution in [0.4, 0.5) is 0 Å². The third kappa shape index (κ3) is 3.08. The summed E-state index contributed by atoms with van der Waals surface area (Å²) in [5, 5.41) is 9.97. The number of rotatable bonds is 5. The van der Waals surface area contributed by atoms with Crippen LogP contribution in [0.3, 0.4) is 0 Å². The van der Waals surface area contributed by atoms with Gasteiger partial charge in [-0.2, -0.15) is 0 Å². The van der Waals surface area contributed by atoms with Crippen LogP contribution in [-0.2, 0) is 0 Å². The average molecular weight is 271 g/mol. The van der Waals surface area contributed by atoms with E-state index in [-0.39, 0.29) is 0 Å². The average Bonchev–Trinajstić information content (AvgIpc) is 2.46. The summed E-state index contributed by atoms with van der Waals surface area (Å²) >= 11 is 0. The van der Waals surface area contributed by atoms with Gasteiger partial charge < -0.3 is 14.6 Å². The van der Waals surface area contributed by atoms with Gasteiger partial charge in [-0.15, -0.1) is 0 Å². The molecule has 1 heterocycles. The first kappa shape index (κ1) is 12.9. The number of aromatic nitrogens is 1. The first-order valence-electron chi connectivity index (χ1n) is 6.77. The Balaban J connectivity index is 1.57. The molecule has 0 radical (unpaired) electrons. The number of benzene rings is 1. The maximum absolute atomic E-state index is 9.97. The van der Waals surface area contributed by atoms with E-state index in [4.69, 9.17) is 9.47 Å². The normalized spacial score (nSPS) is 16.2. The molecule has 4 heteroatoms. The van der Waals surface area contributed by atoms with Gasteiger partial charge in [0.2, 0.25) is 0 Å². The number of hydrogen-bond donors (Lipinski definition) is 1. The smallest absolute Gasteiger partial charge is 0.130 e. The van der Waals surface area contributed by atoms with Gasteiger partial charge in [0.15, 0.2) is 0 Å². The van der Waals surface area contributed by atoms with Crippen molar-refractivity contribution in [1.29, 1.82) is 0 Å². The van der Waals surface area contributed by atoms with Gasteiger partial charge in [-0.3, -0.25) is 4.98 Å². The summed E-state index contributed by atoms with van der Waals surface area (Å²) in [7, 11) is 0. The van der Waals surface area contributed by atoms with Crippen LogP contribution in [0.25, 0.3) is 0 Å². The van der Waals surface area contributed by atoms with Gasteiger partial charge in [-0.25, -0.2) is 0 Å². The molecule has 0 aliphatic heterocycles. The Hall–Kier alpha value is -2.07. The van der Waals surface area contributed by atoms with Crippen LogP contribution in [0.15, 0.2) is 48.8 Å². The van der Waals surface area contributed by atoms with Crippen molar-refractivity contribution in [3.63, 3.8) is 0 Å². The zero-order valence-corrected chi connectivity index (χ0v) is 11.2. The van der Waals surface area contributed by atoms with Crippen molar-refractivity contribution in [2.75, 3.05) is 6.61 Å². The van der Waals surface area contributed by atoms with Crippen molar-refractivity contribution in [2.45, 2.75) is 24.9 Å². The molecule has 1 saturated carbocycles. The maximum atomic E-state index is 9.97. The third-order valence-electron chi connectivity index (χ3n) is 3.50. The molecule has 0 unspecified atom stereocenters. The van der Waals surface area contributed by atoms with Crippen molar-refractivity contribution < 1.29 is 14.6 Å². The number of pyridine rings is 1. The van der Waals surface area contributed by atoms with Gasteiger partial charge in [-0.1, -0.05) is 0 Å². The highest BCUT2D eigenvalue weighted by Gasteiger charge is 2.35. The first-order valence-corrected chi connectivity index (χ1v) is 6.77. The highest BCUT2D eigenvalue weighted by Crippen LogP contribution is 2.32. The molecule has 1 aliphatic rings. The molecule has 1 fully saturated rings. The topological polar surface area (TPSA) is 51.6 Å². The fourth-order valence-corrected chi connectivity index (χ4v) is 2.09. The lowest BCUT2D eigenvalue weighted by Gasteiger charge is -2.35. The zero-order valence-electron chi connectivity index (χ0n) is 11.2. The Bertz CT molecular complexity index is 550. The van der Waals surface area contributed by atoms with Gasteiger partial charge >= 0.3 is 0 Å². The predicted octanol–water partition coefficient (Wildman–Crippen LogP) is 3.17. The van der Waals surface area contributed by atoms with E-state index in [1.807, 2.05) is 24.3 Å². The van der Waals surface area contributed by atoms with Gasteiger partial charge in [0.1, 0.15) is 23.9 Å². The van der Waals surface area contributed by atoms with Crippen LogP contribution in [0.5, 0.6) is 17.2 Å². The van der Waals surface area contributed by atoms with Crippen LogP contribution in [0.2, 0.25) is 0 Å². The fourth-order valence-electron chi connectivity index (χ4n) is 2.09. The minimum Gasteiger partial charge on any atom is -0.491 e. The Morgan fingerprint density at radius 3 is 2.15 bits per heavy atom. The largest absolute Gasteiger partial charge is 0.491 e. The zero-order chi connectivity index (χ0) is 13.8. The van der Waals surface area contributed by atoms with Crippen molar-refractivity contribution in [3.8, 4) is 17.2 Å². The molecule has 0 bridgehead atoms. The van der Waals surface area contributed by atoms with Gasteiger partial charge in [-0.05, 0) is 55.7 Å². The molecule has 0 saturated heterocycles. The van der Waals surface area contributed by atoms with E-state index in [0.717, 1.165) is 36.5 Å². The third-order valence-corrected chi connectivity index (χ3v) is 3.50. The summed E-state index contributed by atoms with van der Waals surface area (Å²) in [6.45, 7) is 0.359. The molecule has 0 spiro atoms. The van der Waals surface area contributed by atoms with Crippen molar-refractivity contribution in [3.05, 3.63) is 48.8 Å². The van der Waals surface area contributed by atoms with Gasteiger partial charge in [0.25, 0.3) is 0 Å². The van der Waals surface area contributed by atoms with E-state index in [9.17, 15) is 5.11 Å². The number of nitrogens with zero attached hydrogens (tertiary/aromatic N) is 1. The minimum absolute atomic E-state index is 0.359. The van der Waals surface area contributed by atoms with E-state index < -0.39 is 5.60 Å². The molecule has 1 aliphatic carbocycles. The van der Waals surface area contributed by atoms with Crippen LogP contribution >= 0.6 is 0 Å². The molecule has 0 atom stereocenters. The lowest BCUT2D eigenvalue weighted by molar-refractivity contribution is -0.0663. The van der Waals surface area contributed by atoms with Crippen molar-refractivity contribution >= 4 is 0 Å². The lowest BCUT2D eigenvalue weighted by Crippen LogP contribution is -2.42. The molecule has 104 valence electrons. The summed E-state index contributed by atoms with van der Waals surface area (Å²) in [6.07, 6.45) is 6.11. The molecule has 1 N–H and O–H groups in total. The molecular formula is C16H17NO3. The Morgan fingerprint density at radius 1 is 0.950 bits per heavy atom. The van der Waals surface area contributed by atoms with Crippen LogP contribution in [0.1, 0.15) is 19.3 Å². The second-order valence-corrected chi connectivity index (χ2v) is 5.12. The first-order chi connectivity index (χ1) is 9.73. The molecule has 1 aromatic heterocycles. The number of hydrogen-bond acceptors (Lipinski definition) is 4. The van der Waals surface area contributed by atoms with Crippen molar-refractivity contribution in [2.24, 2.45) is 0 Å². The van der Waals surface area contributed by atoms with E-state index in [1.165, 1.54) is 0 Å². The highest BCUT2D eigenvalue weighted by atomic mass is 16.5. The van der Waals surface area contributed by atoms with E-state index in [1.54, 1.807) is 24.5 Å². The van der Waals surface area contributed by atoms with Gasteiger partial charge in [0, 0.05) is 12.4 Å². The minimum atomic E-state index is -0.619. The Morgan fingerprint density at radius 2 is 1.55 bits per heavy atom. The van der Waals surface area contributed by atoms with Crippen LogP contribution in [-0.4, -0.2) is 22.3 Å². The summed E-state index contributed by atoms with van der Waals surface area (Å²) in [4.78, 5) is 3.94. The quantitative estimate of drug-likeness (QED) is 0.907. The number of aliphatic hydroxyl groups is 1. The molecule has 1 aromatic carbocycles. The highest BCUT2D eigenvalue weighted by molar-refractivity contribution is 5.34. The predicted molar refractivity (Wildman–Crippen MR) is 75.0 cm³/mol. The summed E-state index contributed by atoms with van der Waals surface area (Å²) < 4.78 is 11.3. The van der Waals surface area contributed by atoms with E-state index in [0.29, 0.717) is 6.61 Å². The standard InChI is InChI=1S/C16H17NO3/c18-16(8-1-9-16)12-19-13-2-4-14(5-3-13)20-15-6-10-17-11-7-15/h2-7,10-11,18H,1,8-9,12H2. The van der Waals surface area contributed by atoms with E-state index in [2.05, 4.69) is 4.98 Å². The van der Waals surface area contributed by atoms with Crippen LogP contribution < -0.4 is 9.47 Å². The summed E-state index contributed by atoms with van der Waals surface area (Å²) in [6, 6.07) is 11.0. The molecule has 4 nitrogen and oxygen atoms in total. The molecular weight excluding hydrogens is 254 g/mol. The number of ether oxygens (including phenoxy) is 2. The SMILES string of the molecule is OC1(COc2ccc(Oc3ccncc3)cc2)CCC1. The molecule has 0 amide bonds. The Kier molecular flexibility index (Phi) is 3.56. The van der Waals surface area contributed by atoms with Crippen molar-refractivity contribution in [1.82, 2.24) is 4.98 Å². The summed E-state index contributed by atoms with van der Waals surface area (Å²) in [5.74, 6) is 2.23. The second-order valence-electron chi connectivity index (χ2n) is 5.12. The second kappa shape index (κ2) is 5.51. The van der Waals surface area contributed by atoms with Gasteiger partial charge in [0.05, 0.1) is 5.60 Å². The fraction of sp³-hybridized carbons (Fsp3) is 0.312. The Labute approximate surface area is 118 Å². The molecule has 3 rings (SSSR count). The lowest BCUT2D eigenvalue weighted by atomic mass is 9.81. The molecule has 20 heavy (non-hydrogen) atoms. The monoisotopic (exact) mass is 271 g/mol.